The van der Waals surface area contributed by atoms with Crippen LogP contribution in [0.4, 0.5) is 0 Å². The van der Waals surface area contributed by atoms with E-state index in [0.29, 0.717) is 18.7 Å². The minimum Gasteiger partial charge on any atom is -0.388 e. The van der Waals surface area contributed by atoms with Crippen LogP contribution in [-0.2, 0) is 6.42 Å². The number of likely N-dealkylation sites (tertiary alicyclic amines) is 1. The lowest BCUT2D eigenvalue weighted by molar-refractivity contribution is 0.0351. The van der Waals surface area contributed by atoms with Crippen LogP contribution in [0.3, 0.4) is 0 Å². The van der Waals surface area contributed by atoms with Gasteiger partial charge in [0.2, 0.25) is 0 Å². The Hall–Kier alpha value is -1.35. The Bertz CT molecular complexity index is 450. The average molecular weight is 261 g/mol. The summed E-state index contributed by atoms with van der Waals surface area (Å²) in [5.41, 5.74) is 1.21. The van der Waals surface area contributed by atoms with Gasteiger partial charge in [-0.05, 0) is 31.0 Å². The minimum absolute atomic E-state index is 0.0210. The molecule has 0 spiro atoms. The van der Waals surface area contributed by atoms with Crippen molar-refractivity contribution in [2.45, 2.75) is 39.2 Å². The summed E-state index contributed by atoms with van der Waals surface area (Å²) >= 11 is 0. The molecule has 1 fully saturated rings. The van der Waals surface area contributed by atoms with Crippen molar-refractivity contribution >= 4 is 5.91 Å². The lowest BCUT2D eigenvalue weighted by Gasteiger charge is -2.20. The maximum Gasteiger partial charge on any atom is 0.253 e. The summed E-state index contributed by atoms with van der Waals surface area (Å²) in [6.45, 7) is 6.98. The molecule has 1 N–H and O–H groups in total. The molecule has 0 aromatic heterocycles. The highest BCUT2D eigenvalue weighted by Gasteiger charge is 2.40. The van der Waals surface area contributed by atoms with E-state index in [9.17, 15) is 9.90 Å². The van der Waals surface area contributed by atoms with E-state index < -0.39 is 5.60 Å². The number of amides is 1. The Kier molecular flexibility index (Phi) is 3.95. The standard InChI is InChI=1S/C16H23NO2/c1-4-5-13-6-8-14(9-7-13)15(18)17-10-12(2)16(3,19)11-17/h6-9,12,19H,4-5,10-11H2,1-3H3/t12-,16+/m0/s1. The minimum atomic E-state index is -0.766. The van der Waals surface area contributed by atoms with Crippen molar-refractivity contribution in [3.63, 3.8) is 0 Å². The van der Waals surface area contributed by atoms with E-state index in [1.807, 2.05) is 31.2 Å². The van der Waals surface area contributed by atoms with E-state index >= 15 is 0 Å². The van der Waals surface area contributed by atoms with Gasteiger partial charge in [0.25, 0.3) is 5.91 Å². The Labute approximate surface area is 115 Å². The highest BCUT2D eigenvalue weighted by atomic mass is 16.3. The van der Waals surface area contributed by atoms with Gasteiger partial charge in [-0.2, -0.15) is 0 Å². The number of hydrogen-bond acceptors (Lipinski definition) is 2. The number of aryl methyl sites for hydroxylation is 1. The molecule has 104 valence electrons. The zero-order valence-corrected chi connectivity index (χ0v) is 12.0. The van der Waals surface area contributed by atoms with Crippen LogP contribution in [0.25, 0.3) is 0 Å². The third kappa shape index (κ3) is 2.98. The number of nitrogens with zero attached hydrogens (tertiary/aromatic N) is 1. The molecule has 1 amide bonds. The first-order valence-electron chi connectivity index (χ1n) is 7.04. The number of benzene rings is 1. The number of aliphatic hydroxyl groups is 1. The fourth-order valence-electron chi connectivity index (χ4n) is 2.57. The molecule has 0 unspecified atom stereocenters. The fourth-order valence-corrected chi connectivity index (χ4v) is 2.57. The van der Waals surface area contributed by atoms with Crippen molar-refractivity contribution in [2.75, 3.05) is 13.1 Å². The summed E-state index contributed by atoms with van der Waals surface area (Å²) in [5.74, 6) is 0.142. The van der Waals surface area contributed by atoms with Gasteiger partial charge in [0.05, 0.1) is 5.60 Å². The fraction of sp³-hybridized carbons (Fsp3) is 0.562. The van der Waals surface area contributed by atoms with Gasteiger partial charge in [-0.15, -0.1) is 0 Å². The van der Waals surface area contributed by atoms with Gasteiger partial charge in [-0.25, -0.2) is 0 Å². The molecule has 1 saturated heterocycles. The summed E-state index contributed by atoms with van der Waals surface area (Å²) in [7, 11) is 0. The topological polar surface area (TPSA) is 40.5 Å². The van der Waals surface area contributed by atoms with E-state index in [0.717, 1.165) is 12.8 Å². The van der Waals surface area contributed by atoms with E-state index in [1.54, 1.807) is 11.8 Å². The molecule has 1 aromatic carbocycles. The van der Waals surface area contributed by atoms with Gasteiger partial charge in [0.1, 0.15) is 0 Å². The first-order valence-corrected chi connectivity index (χ1v) is 7.04. The molecule has 0 bridgehead atoms. The molecule has 1 heterocycles. The smallest absolute Gasteiger partial charge is 0.253 e. The summed E-state index contributed by atoms with van der Waals surface area (Å²) in [5, 5.41) is 10.1. The molecule has 3 nitrogen and oxygen atoms in total. The first-order chi connectivity index (χ1) is 8.94. The molecule has 1 aliphatic heterocycles. The van der Waals surface area contributed by atoms with E-state index in [-0.39, 0.29) is 11.8 Å². The van der Waals surface area contributed by atoms with Crippen LogP contribution in [-0.4, -0.2) is 34.6 Å². The van der Waals surface area contributed by atoms with Crippen LogP contribution in [0.15, 0.2) is 24.3 Å². The number of hydrogen-bond donors (Lipinski definition) is 1. The monoisotopic (exact) mass is 261 g/mol. The molecule has 3 heteroatoms. The molecule has 0 radical (unpaired) electrons. The molecule has 2 rings (SSSR count). The summed E-state index contributed by atoms with van der Waals surface area (Å²) in [4.78, 5) is 14.1. The van der Waals surface area contributed by atoms with Gasteiger partial charge in [-0.3, -0.25) is 4.79 Å². The van der Waals surface area contributed by atoms with Crippen molar-refractivity contribution in [2.24, 2.45) is 5.92 Å². The normalized spacial score (nSPS) is 26.7. The summed E-state index contributed by atoms with van der Waals surface area (Å²) < 4.78 is 0. The lowest BCUT2D eigenvalue weighted by atomic mass is 9.95. The number of carbonyl (C=O) groups is 1. The van der Waals surface area contributed by atoms with Gasteiger partial charge in [0.15, 0.2) is 0 Å². The molecule has 1 aromatic rings. The average Bonchev–Trinajstić information content (AvgIpc) is 2.64. The maximum absolute atomic E-state index is 12.4. The highest BCUT2D eigenvalue weighted by Crippen LogP contribution is 2.27. The summed E-state index contributed by atoms with van der Waals surface area (Å²) in [6.07, 6.45) is 2.16. The molecule has 19 heavy (non-hydrogen) atoms. The Morgan fingerprint density at radius 1 is 1.42 bits per heavy atom. The van der Waals surface area contributed by atoms with Gasteiger partial charge < -0.3 is 10.0 Å². The molecular weight excluding hydrogens is 238 g/mol. The molecule has 1 aliphatic rings. The number of rotatable bonds is 3. The zero-order chi connectivity index (χ0) is 14.0. The van der Waals surface area contributed by atoms with Gasteiger partial charge in [-0.1, -0.05) is 32.4 Å². The Morgan fingerprint density at radius 2 is 2.05 bits per heavy atom. The highest BCUT2D eigenvalue weighted by molar-refractivity contribution is 5.94. The predicted octanol–water partition coefficient (Wildman–Crippen LogP) is 2.48. The van der Waals surface area contributed by atoms with Gasteiger partial charge >= 0.3 is 0 Å². The van der Waals surface area contributed by atoms with Crippen molar-refractivity contribution in [3.8, 4) is 0 Å². The van der Waals surface area contributed by atoms with Crippen molar-refractivity contribution < 1.29 is 9.90 Å². The van der Waals surface area contributed by atoms with Crippen LogP contribution >= 0.6 is 0 Å². The Morgan fingerprint density at radius 3 is 2.53 bits per heavy atom. The van der Waals surface area contributed by atoms with Crippen LogP contribution in [0.2, 0.25) is 0 Å². The van der Waals surface area contributed by atoms with Crippen molar-refractivity contribution in [1.29, 1.82) is 0 Å². The maximum atomic E-state index is 12.4. The second-order valence-corrected chi connectivity index (χ2v) is 5.89. The SMILES string of the molecule is CCCc1ccc(C(=O)N2C[C@H](C)[C@](C)(O)C2)cc1. The van der Waals surface area contributed by atoms with Crippen molar-refractivity contribution in [1.82, 2.24) is 4.90 Å². The predicted molar refractivity (Wildman–Crippen MR) is 76.1 cm³/mol. The van der Waals surface area contributed by atoms with Gasteiger partial charge in [0, 0.05) is 24.6 Å². The zero-order valence-electron chi connectivity index (χ0n) is 12.0. The molecule has 2 atom stereocenters. The second-order valence-electron chi connectivity index (χ2n) is 5.89. The van der Waals surface area contributed by atoms with E-state index in [4.69, 9.17) is 0 Å². The van der Waals surface area contributed by atoms with Crippen LogP contribution in [0, 0.1) is 5.92 Å². The van der Waals surface area contributed by atoms with E-state index in [1.165, 1.54) is 5.56 Å². The largest absolute Gasteiger partial charge is 0.388 e. The number of carbonyl (C=O) groups excluding carboxylic acids is 1. The van der Waals surface area contributed by atoms with Crippen LogP contribution in [0.1, 0.15) is 43.1 Å². The lowest BCUT2D eigenvalue weighted by Crippen LogP contribution is -2.35. The van der Waals surface area contributed by atoms with Crippen molar-refractivity contribution in [3.05, 3.63) is 35.4 Å². The third-order valence-electron chi connectivity index (χ3n) is 4.09. The first kappa shape index (κ1) is 14.1. The van der Waals surface area contributed by atoms with Crippen LogP contribution < -0.4 is 0 Å². The molecular formula is C16H23NO2. The molecule has 0 saturated carbocycles. The van der Waals surface area contributed by atoms with E-state index in [2.05, 4.69) is 6.92 Å². The number of β-amino-alcohol motifs (C(OH)–C–C–N with tert-alkyl or cyclic N) is 1. The Balaban J connectivity index is 2.08. The second kappa shape index (κ2) is 5.33. The molecule has 0 aliphatic carbocycles. The van der Waals surface area contributed by atoms with Crippen LogP contribution in [0.5, 0.6) is 0 Å². The summed E-state index contributed by atoms with van der Waals surface area (Å²) in [6, 6.07) is 7.83. The quantitative estimate of drug-likeness (QED) is 0.908. The third-order valence-corrected chi connectivity index (χ3v) is 4.09.